The molecule has 36 heavy (non-hydrogen) atoms. The summed E-state index contributed by atoms with van der Waals surface area (Å²) in [6.07, 6.45) is 1.43. The molecule has 2 amide bonds. The van der Waals surface area contributed by atoms with Crippen LogP contribution in [0.4, 0.5) is 5.69 Å². The maximum atomic E-state index is 13.2. The fourth-order valence-electron chi connectivity index (χ4n) is 3.47. The molecule has 0 aromatic heterocycles. The second kappa shape index (κ2) is 10.7. The number of nitriles is 1. The lowest BCUT2D eigenvalue weighted by Gasteiger charge is -2.29. The molecule has 2 N–H and O–H groups in total. The quantitative estimate of drug-likeness (QED) is 0.186. The van der Waals surface area contributed by atoms with Crippen molar-refractivity contribution in [2.24, 2.45) is 0 Å². The van der Waals surface area contributed by atoms with Crippen molar-refractivity contribution in [2.45, 2.75) is 6.61 Å². The van der Waals surface area contributed by atoms with Crippen molar-refractivity contribution >= 4 is 69.5 Å². The van der Waals surface area contributed by atoms with Crippen molar-refractivity contribution in [3.63, 3.8) is 0 Å². The molecule has 1 fully saturated rings. The van der Waals surface area contributed by atoms with Crippen LogP contribution in [0.3, 0.4) is 0 Å². The van der Waals surface area contributed by atoms with Crippen molar-refractivity contribution in [3.8, 4) is 11.8 Å². The van der Waals surface area contributed by atoms with Gasteiger partial charge in [-0.25, -0.2) is 4.79 Å². The molecule has 0 unspecified atom stereocenters. The SMILES string of the molecule is N#Cc1ccccc1COc1ccc(C=C2C(=O)NC(=S)N(c3cccc(C(=O)O)c3)C2=O)cc1I. The predicted octanol–water partition coefficient (Wildman–Crippen LogP) is 4.27. The highest BCUT2D eigenvalue weighted by atomic mass is 127. The van der Waals surface area contributed by atoms with Crippen LogP contribution >= 0.6 is 34.8 Å². The van der Waals surface area contributed by atoms with Gasteiger partial charge in [0, 0.05) is 5.56 Å². The molecule has 8 nitrogen and oxygen atoms in total. The molecule has 0 atom stereocenters. The molecule has 1 aliphatic heterocycles. The first-order valence-corrected chi connectivity index (χ1v) is 11.9. The second-order valence-electron chi connectivity index (χ2n) is 7.56. The van der Waals surface area contributed by atoms with E-state index in [1.54, 1.807) is 30.3 Å². The molecule has 0 saturated carbocycles. The number of amides is 2. The number of thiocarbonyl (C=S) groups is 1. The van der Waals surface area contributed by atoms with E-state index in [-0.39, 0.29) is 28.5 Å². The minimum Gasteiger partial charge on any atom is -0.488 e. The number of nitrogens with zero attached hydrogens (tertiary/aromatic N) is 2. The van der Waals surface area contributed by atoms with E-state index < -0.39 is 17.8 Å². The van der Waals surface area contributed by atoms with Crippen LogP contribution in [-0.2, 0) is 16.2 Å². The highest BCUT2D eigenvalue weighted by Crippen LogP contribution is 2.27. The van der Waals surface area contributed by atoms with Crippen LogP contribution in [0, 0.1) is 14.9 Å². The molecule has 0 spiro atoms. The van der Waals surface area contributed by atoms with Gasteiger partial charge in [0.15, 0.2) is 5.11 Å². The number of aromatic carboxylic acids is 1. The zero-order chi connectivity index (χ0) is 25.8. The summed E-state index contributed by atoms with van der Waals surface area (Å²) in [5.74, 6) is -1.90. The van der Waals surface area contributed by atoms with Crippen LogP contribution in [0.1, 0.15) is 27.0 Å². The topological polar surface area (TPSA) is 120 Å². The largest absolute Gasteiger partial charge is 0.488 e. The average molecular weight is 609 g/mol. The second-order valence-corrected chi connectivity index (χ2v) is 9.11. The summed E-state index contributed by atoms with van der Waals surface area (Å²) in [5, 5.41) is 20.8. The fraction of sp³-hybridized carbons (Fsp3) is 0.0385. The maximum Gasteiger partial charge on any atom is 0.335 e. The molecule has 10 heteroatoms. The third-order valence-electron chi connectivity index (χ3n) is 5.24. The first kappa shape index (κ1) is 25.0. The Labute approximate surface area is 224 Å². The molecule has 3 aromatic rings. The minimum absolute atomic E-state index is 0.0203. The standard InChI is InChI=1S/C26H16IN3O5S/c27-21-11-15(8-9-22(21)35-14-18-5-2-1-4-17(18)13-28)10-20-23(31)29-26(36)30(24(20)32)19-7-3-6-16(12-19)25(33)34/h1-12H,14H2,(H,33,34)(H,29,31,36). The summed E-state index contributed by atoms with van der Waals surface area (Å²) < 4.78 is 6.61. The van der Waals surface area contributed by atoms with Gasteiger partial charge in [0.1, 0.15) is 17.9 Å². The molecular weight excluding hydrogens is 593 g/mol. The Morgan fingerprint density at radius 3 is 2.64 bits per heavy atom. The highest BCUT2D eigenvalue weighted by Gasteiger charge is 2.34. The van der Waals surface area contributed by atoms with Gasteiger partial charge in [-0.15, -0.1) is 0 Å². The van der Waals surface area contributed by atoms with Crippen LogP contribution in [-0.4, -0.2) is 28.0 Å². The third-order valence-corrected chi connectivity index (χ3v) is 6.37. The number of benzene rings is 3. The zero-order valence-electron chi connectivity index (χ0n) is 18.4. The average Bonchev–Trinajstić information content (AvgIpc) is 2.86. The van der Waals surface area contributed by atoms with Crippen LogP contribution in [0.5, 0.6) is 5.75 Å². The molecule has 4 rings (SSSR count). The van der Waals surface area contributed by atoms with Crippen LogP contribution < -0.4 is 15.0 Å². The monoisotopic (exact) mass is 609 g/mol. The van der Waals surface area contributed by atoms with Crippen molar-refractivity contribution in [2.75, 3.05) is 4.90 Å². The summed E-state index contributed by atoms with van der Waals surface area (Å²) in [5.41, 5.74) is 1.92. The van der Waals surface area contributed by atoms with Gasteiger partial charge in [0.25, 0.3) is 11.8 Å². The van der Waals surface area contributed by atoms with Crippen molar-refractivity contribution in [1.82, 2.24) is 5.32 Å². The molecule has 1 heterocycles. The molecule has 0 bridgehead atoms. The normalized spacial score (nSPS) is 14.4. The molecule has 3 aromatic carbocycles. The summed E-state index contributed by atoms with van der Waals surface area (Å²) in [7, 11) is 0. The minimum atomic E-state index is -1.15. The molecule has 1 aliphatic rings. The number of ether oxygens (including phenoxy) is 1. The number of carbonyl (C=O) groups is 3. The van der Waals surface area contributed by atoms with Crippen LogP contribution in [0.15, 0.2) is 72.3 Å². The Morgan fingerprint density at radius 1 is 1.14 bits per heavy atom. The summed E-state index contributed by atoms with van der Waals surface area (Å²) in [6, 6.07) is 20.2. The number of carbonyl (C=O) groups excluding carboxylic acids is 2. The Bertz CT molecular complexity index is 1490. The van der Waals surface area contributed by atoms with Gasteiger partial charge in [-0.2, -0.15) is 5.26 Å². The van der Waals surface area contributed by atoms with Crippen LogP contribution in [0.2, 0.25) is 0 Å². The first-order valence-electron chi connectivity index (χ1n) is 10.4. The molecule has 178 valence electrons. The van der Waals surface area contributed by atoms with Crippen molar-refractivity contribution < 1.29 is 24.2 Å². The Kier molecular flexibility index (Phi) is 7.42. The van der Waals surface area contributed by atoms with Gasteiger partial charge in [-0.1, -0.05) is 30.3 Å². The molecule has 0 aliphatic carbocycles. The summed E-state index contributed by atoms with van der Waals surface area (Å²) in [6.45, 7) is 0.211. The van der Waals surface area contributed by atoms with Crippen molar-refractivity contribution in [1.29, 1.82) is 5.26 Å². The van der Waals surface area contributed by atoms with E-state index in [4.69, 9.17) is 17.0 Å². The van der Waals surface area contributed by atoms with Crippen LogP contribution in [0.25, 0.3) is 6.08 Å². The van der Waals surface area contributed by atoms with E-state index in [1.165, 1.54) is 30.3 Å². The number of halogens is 1. The van der Waals surface area contributed by atoms with Gasteiger partial charge in [-0.3, -0.25) is 19.8 Å². The van der Waals surface area contributed by atoms with E-state index in [9.17, 15) is 24.8 Å². The zero-order valence-corrected chi connectivity index (χ0v) is 21.4. The Balaban J connectivity index is 1.58. The lowest BCUT2D eigenvalue weighted by molar-refractivity contribution is -0.122. The first-order chi connectivity index (χ1) is 17.3. The number of anilines is 1. The van der Waals surface area contributed by atoms with E-state index in [2.05, 4.69) is 34.0 Å². The molecule has 0 radical (unpaired) electrons. The summed E-state index contributed by atoms with van der Waals surface area (Å²) in [4.78, 5) is 38.2. The Hall–Kier alpha value is -4.08. The summed E-state index contributed by atoms with van der Waals surface area (Å²) >= 11 is 7.26. The maximum absolute atomic E-state index is 13.2. The van der Waals surface area contributed by atoms with Gasteiger partial charge in [-0.05, 0) is 82.8 Å². The molecule has 1 saturated heterocycles. The van der Waals surface area contributed by atoms with E-state index in [1.807, 2.05) is 12.1 Å². The lowest BCUT2D eigenvalue weighted by atomic mass is 10.1. The number of carboxylic acids is 1. The number of rotatable bonds is 6. The molecular formula is C26H16IN3O5S. The van der Waals surface area contributed by atoms with Gasteiger partial charge < -0.3 is 9.84 Å². The van der Waals surface area contributed by atoms with Crippen molar-refractivity contribution in [3.05, 3.63) is 98.1 Å². The van der Waals surface area contributed by atoms with E-state index in [0.29, 0.717) is 16.9 Å². The number of nitrogens with one attached hydrogen (secondary N) is 1. The van der Waals surface area contributed by atoms with Gasteiger partial charge >= 0.3 is 5.97 Å². The Morgan fingerprint density at radius 2 is 1.92 bits per heavy atom. The van der Waals surface area contributed by atoms with Gasteiger partial charge in [0.05, 0.1) is 26.5 Å². The van der Waals surface area contributed by atoms with Gasteiger partial charge in [0.2, 0.25) is 0 Å². The fourth-order valence-corrected chi connectivity index (χ4v) is 4.45. The van der Waals surface area contributed by atoms with E-state index >= 15 is 0 Å². The lowest BCUT2D eigenvalue weighted by Crippen LogP contribution is -2.54. The highest BCUT2D eigenvalue weighted by molar-refractivity contribution is 14.1. The predicted molar refractivity (Wildman–Crippen MR) is 144 cm³/mol. The smallest absolute Gasteiger partial charge is 0.335 e. The number of carboxylic acid groups (broad SMARTS) is 1. The number of hydrogen-bond acceptors (Lipinski definition) is 6. The third kappa shape index (κ3) is 5.27. The van der Waals surface area contributed by atoms with E-state index in [0.717, 1.165) is 14.0 Å². The number of hydrogen-bond donors (Lipinski definition) is 2.